The Bertz CT molecular complexity index is 1540. The molecule has 0 unspecified atom stereocenters. The number of piperidine rings is 2. The van der Waals surface area contributed by atoms with Gasteiger partial charge in [0.1, 0.15) is 18.0 Å². The maximum atomic E-state index is 13.9. The molecule has 254 valence electrons. The fourth-order valence-corrected chi connectivity index (χ4v) is 6.94. The Hall–Kier alpha value is -3.76. The summed E-state index contributed by atoms with van der Waals surface area (Å²) in [7, 11) is 0. The van der Waals surface area contributed by atoms with Crippen LogP contribution in [0.3, 0.4) is 0 Å². The highest BCUT2D eigenvalue weighted by Gasteiger charge is 2.45. The number of nitrogens with zero attached hydrogens (tertiary/aromatic N) is 3. The van der Waals surface area contributed by atoms with Crippen LogP contribution < -0.4 is 4.90 Å². The number of ether oxygens (including phenoxy) is 3. The van der Waals surface area contributed by atoms with Crippen molar-refractivity contribution < 1.29 is 27.4 Å². The zero-order valence-electron chi connectivity index (χ0n) is 27.3. The first-order valence-electron chi connectivity index (χ1n) is 16.8. The Balaban J connectivity index is 1.23. The Morgan fingerprint density at radius 2 is 1.27 bits per heavy atom. The molecule has 3 aromatic carbocycles. The molecule has 48 heavy (non-hydrogen) atoms. The highest BCUT2D eigenvalue weighted by atomic mass is 19.4. The Morgan fingerprint density at radius 3 is 1.85 bits per heavy atom. The third-order valence-corrected chi connectivity index (χ3v) is 9.44. The lowest BCUT2D eigenvalue weighted by Crippen LogP contribution is -2.63. The maximum Gasteiger partial charge on any atom is 0.419 e. The van der Waals surface area contributed by atoms with Crippen molar-refractivity contribution in [1.29, 1.82) is 0 Å². The molecule has 9 heteroatoms. The molecule has 0 bridgehead atoms. The second-order valence-electron chi connectivity index (χ2n) is 12.9. The maximum absolute atomic E-state index is 13.9. The second kappa shape index (κ2) is 16.1. The van der Waals surface area contributed by atoms with Gasteiger partial charge < -0.3 is 19.1 Å². The van der Waals surface area contributed by atoms with Crippen LogP contribution in [0, 0.1) is 5.92 Å². The molecule has 2 aliphatic heterocycles. The SMILES string of the molecule is C[C@@H]1[C@@H](OCc2ccccc2)[C@H](OCc2ccccc2)[C@@H](OCc2ccccc2)CN1C[C@@H]1CCCN(c2ncccc2C(F)(F)F)C1. The summed E-state index contributed by atoms with van der Waals surface area (Å²) in [4.78, 5) is 8.39. The predicted molar refractivity (Wildman–Crippen MR) is 180 cm³/mol. The fraction of sp³-hybridized carbons (Fsp3) is 0.410. The van der Waals surface area contributed by atoms with Gasteiger partial charge in [0.2, 0.25) is 0 Å². The molecule has 6 nitrogen and oxygen atoms in total. The highest BCUT2D eigenvalue weighted by molar-refractivity contribution is 5.48. The molecule has 3 heterocycles. The molecular weight excluding hydrogens is 615 g/mol. The number of alkyl halides is 3. The largest absolute Gasteiger partial charge is 0.419 e. The summed E-state index contributed by atoms with van der Waals surface area (Å²) < 4.78 is 61.8. The minimum Gasteiger partial charge on any atom is -0.369 e. The van der Waals surface area contributed by atoms with Gasteiger partial charge in [-0.3, -0.25) is 4.90 Å². The molecule has 5 atom stereocenters. The van der Waals surface area contributed by atoms with E-state index in [2.05, 4.69) is 53.2 Å². The van der Waals surface area contributed by atoms with E-state index in [0.29, 0.717) is 46.0 Å². The van der Waals surface area contributed by atoms with Gasteiger partial charge in [0.05, 0.1) is 31.5 Å². The van der Waals surface area contributed by atoms with Gasteiger partial charge in [-0.15, -0.1) is 0 Å². The summed E-state index contributed by atoms with van der Waals surface area (Å²) in [6.45, 7) is 5.83. The molecule has 0 amide bonds. The Labute approximate surface area is 281 Å². The van der Waals surface area contributed by atoms with E-state index in [4.69, 9.17) is 14.2 Å². The molecular formula is C39H44F3N3O3. The van der Waals surface area contributed by atoms with Crippen molar-refractivity contribution in [1.82, 2.24) is 9.88 Å². The third-order valence-electron chi connectivity index (χ3n) is 9.44. The second-order valence-corrected chi connectivity index (χ2v) is 12.9. The molecule has 0 spiro atoms. The van der Waals surface area contributed by atoms with E-state index in [1.807, 2.05) is 59.5 Å². The molecule has 0 aliphatic carbocycles. The van der Waals surface area contributed by atoms with Crippen molar-refractivity contribution >= 4 is 5.82 Å². The first kappa shape index (κ1) is 34.1. The van der Waals surface area contributed by atoms with Crippen LogP contribution in [-0.4, -0.2) is 60.4 Å². The molecule has 6 rings (SSSR count). The molecule has 2 fully saturated rings. The Morgan fingerprint density at radius 1 is 0.708 bits per heavy atom. The van der Waals surface area contributed by atoms with Crippen LogP contribution >= 0.6 is 0 Å². The monoisotopic (exact) mass is 659 g/mol. The lowest BCUT2D eigenvalue weighted by Gasteiger charge is -2.49. The predicted octanol–water partition coefficient (Wildman–Crippen LogP) is 7.78. The number of benzene rings is 3. The number of hydrogen-bond donors (Lipinski definition) is 0. The minimum atomic E-state index is -4.46. The van der Waals surface area contributed by atoms with Gasteiger partial charge in [-0.1, -0.05) is 91.0 Å². The number of halogens is 3. The average Bonchev–Trinajstić information content (AvgIpc) is 3.11. The average molecular weight is 660 g/mol. The van der Waals surface area contributed by atoms with Crippen LogP contribution in [0.1, 0.15) is 42.0 Å². The van der Waals surface area contributed by atoms with E-state index in [0.717, 1.165) is 35.6 Å². The Kier molecular flexibility index (Phi) is 11.4. The lowest BCUT2D eigenvalue weighted by atomic mass is 9.90. The molecule has 2 saturated heterocycles. The fourth-order valence-electron chi connectivity index (χ4n) is 6.94. The van der Waals surface area contributed by atoms with Crippen LogP contribution in [0.5, 0.6) is 0 Å². The first-order chi connectivity index (χ1) is 23.3. The van der Waals surface area contributed by atoms with Gasteiger partial charge in [0.25, 0.3) is 0 Å². The molecule has 4 aromatic rings. The van der Waals surface area contributed by atoms with E-state index in [1.165, 1.54) is 12.3 Å². The summed E-state index contributed by atoms with van der Waals surface area (Å²) in [5.74, 6) is 0.166. The van der Waals surface area contributed by atoms with Crippen molar-refractivity contribution in [2.45, 2.75) is 70.1 Å². The summed E-state index contributed by atoms with van der Waals surface area (Å²) >= 11 is 0. The summed E-state index contributed by atoms with van der Waals surface area (Å²) in [6.07, 6.45) is -2.24. The van der Waals surface area contributed by atoms with E-state index in [9.17, 15) is 13.2 Å². The smallest absolute Gasteiger partial charge is 0.369 e. The van der Waals surface area contributed by atoms with Crippen molar-refractivity contribution in [3.8, 4) is 0 Å². The van der Waals surface area contributed by atoms with Crippen molar-refractivity contribution in [2.75, 3.05) is 31.1 Å². The zero-order valence-corrected chi connectivity index (χ0v) is 27.3. The topological polar surface area (TPSA) is 47.1 Å². The number of aromatic nitrogens is 1. The quantitative estimate of drug-likeness (QED) is 0.155. The molecule has 0 saturated carbocycles. The lowest BCUT2D eigenvalue weighted by molar-refractivity contribution is -0.202. The molecule has 0 radical (unpaired) electrons. The molecule has 1 aromatic heterocycles. The van der Waals surface area contributed by atoms with Crippen LogP contribution in [0.25, 0.3) is 0 Å². The molecule has 2 aliphatic rings. The number of hydrogen-bond acceptors (Lipinski definition) is 6. The third kappa shape index (κ3) is 8.82. The van der Waals surface area contributed by atoms with Crippen LogP contribution in [0.15, 0.2) is 109 Å². The van der Waals surface area contributed by atoms with E-state index in [-0.39, 0.29) is 36.1 Å². The highest BCUT2D eigenvalue weighted by Crippen LogP contribution is 2.37. The number of rotatable bonds is 12. The number of pyridine rings is 1. The number of anilines is 1. The summed E-state index contributed by atoms with van der Waals surface area (Å²) in [5.41, 5.74) is 2.54. The minimum absolute atomic E-state index is 0.0175. The van der Waals surface area contributed by atoms with E-state index in [1.54, 1.807) is 0 Å². The van der Waals surface area contributed by atoms with Crippen LogP contribution in [-0.2, 0) is 40.2 Å². The number of likely N-dealkylation sites (tertiary alicyclic amines) is 1. The normalized spacial score (nSPS) is 23.7. The van der Waals surface area contributed by atoms with Crippen molar-refractivity contribution in [3.05, 3.63) is 132 Å². The summed E-state index contributed by atoms with van der Waals surface area (Å²) in [6, 6.07) is 32.8. The molecule has 0 N–H and O–H groups in total. The van der Waals surface area contributed by atoms with Gasteiger partial charge in [0.15, 0.2) is 0 Å². The van der Waals surface area contributed by atoms with Gasteiger partial charge in [-0.25, -0.2) is 4.98 Å². The van der Waals surface area contributed by atoms with Crippen LogP contribution in [0.2, 0.25) is 0 Å². The van der Waals surface area contributed by atoms with Gasteiger partial charge in [-0.05, 0) is 54.5 Å². The van der Waals surface area contributed by atoms with E-state index < -0.39 is 11.7 Å². The van der Waals surface area contributed by atoms with E-state index >= 15 is 0 Å². The van der Waals surface area contributed by atoms with Gasteiger partial charge in [-0.2, -0.15) is 13.2 Å². The first-order valence-corrected chi connectivity index (χ1v) is 16.8. The van der Waals surface area contributed by atoms with Crippen molar-refractivity contribution in [2.24, 2.45) is 5.92 Å². The van der Waals surface area contributed by atoms with Gasteiger partial charge in [0, 0.05) is 38.4 Å². The standard InChI is InChI=1S/C39H44F3N3O3/c1-29-36(47-27-31-15-7-3-8-16-31)37(48-28-32-17-9-4-10-18-32)35(46-26-30-13-5-2-6-14-30)25-45(29)24-33-19-12-22-44(23-33)38-34(39(40,41)42)20-11-21-43-38/h2-11,13-18,20-21,29,33,35-37H,12,19,22-28H2,1H3/t29-,33-,35+,36-,37-/m1/s1. The van der Waals surface area contributed by atoms with Gasteiger partial charge >= 0.3 is 6.18 Å². The van der Waals surface area contributed by atoms with Crippen molar-refractivity contribution in [3.63, 3.8) is 0 Å². The summed E-state index contributed by atoms with van der Waals surface area (Å²) in [5, 5.41) is 0. The van der Waals surface area contributed by atoms with Crippen LogP contribution in [0.4, 0.5) is 19.0 Å². The zero-order chi connectivity index (χ0) is 33.3.